The first-order valence-corrected chi connectivity index (χ1v) is 11.3. The molecule has 3 aromatic rings. The minimum Gasteiger partial charge on any atom is -0.497 e. The van der Waals surface area contributed by atoms with Crippen molar-refractivity contribution < 1.29 is 19.0 Å². The standard InChI is InChI=1S/C25H24N2O5S/c1-5-32-24(29)21-15(2)26-25-27(22(21)18-14-17(30-3)11-12-19(18)31-4)23(28)20(33-25)13-16-9-7-6-8-10-16/h6-14,22H,5H2,1-4H3. The fraction of sp³-hybridized carbons (Fsp3) is 0.240. The van der Waals surface area contributed by atoms with E-state index in [1.807, 2.05) is 36.4 Å². The van der Waals surface area contributed by atoms with Crippen molar-refractivity contribution in [2.24, 2.45) is 4.99 Å². The van der Waals surface area contributed by atoms with Crippen LogP contribution in [-0.4, -0.2) is 31.4 Å². The van der Waals surface area contributed by atoms with Gasteiger partial charge in [-0.15, -0.1) is 0 Å². The molecule has 1 atom stereocenters. The molecule has 2 aromatic carbocycles. The Hall–Kier alpha value is -3.65. The van der Waals surface area contributed by atoms with Crippen molar-refractivity contribution in [2.75, 3.05) is 20.8 Å². The Labute approximate surface area is 194 Å². The van der Waals surface area contributed by atoms with Gasteiger partial charge in [-0.2, -0.15) is 0 Å². The fourth-order valence-electron chi connectivity index (χ4n) is 3.84. The summed E-state index contributed by atoms with van der Waals surface area (Å²) in [6, 6.07) is 14.1. The molecular formula is C25H24N2O5S. The number of hydrogen-bond donors (Lipinski definition) is 0. The van der Waals surface area contributed by atoms with E-state index in [0.717, 1.165) is 5.56 Å². The van der Waals surface area contributed by atoms with Crippen molar-refractivity contribution in [1.82, 2.24) is 4.57 Å². The van der Waals surface area contributed by atoms with Crippen LogP contribution >= 0.6 is 11.3 Å². The third-order valence-corrected chi connectivity index (χ3v) is 6.33. The van der Waals surface area contributed by atoms with Crippen LogP contribution in [0.3, 0.4) is 0 Å². The number of esters is 1. The van der Waals surface area contributed by atoms with Crippen LogP contribution in [0.5, 0.6) is 11.5 Å². The molecule has 1 aromatic heterocycles. The lowest BCUT2D eigenvalue weighted by molar-refractivity contribution is -0.139. The summed E-state index contributed by atoms with van der Waals surface area (Å²) in [5.41, 5.74) is 2.06. The Morgan fingerprint density at radius 1 is 1.15 bits per heavy atom. The highest BCUT2D eigenvalue weighted by molar-refractivity contribution is 7.07. The Morgan fingerprint density at radius 3 is 2.58 bits per heavy atom. The molecule has 1 aliphatic rings. The highest BCUT2D eigenvalue weighted by Crippen LogP contribution is 2.37. The summed E-state index contributed by atoms with van der Waals surface area (Å²) < 4.78 is 18.4. The molecule has 0 spiro atoms. The average molecular weight is 465 g/mol. The van der Waals surface area contributed by atoms with Gasteiger partial charge in [0.1, 0.15) is 17.5 Å². The Morgan fingerprint density at radius 2 is 1.91 bits per heavy atom. The lowest BCUT2D eigenvalue weighted by atomic mass is 9.94. The van der Waals surface area contributed by atoms with E-state index >= 15 is 0 Å². The summed E-state index contributed by atoms with van der Waals surface area (Å²) in [5, 5.41) is 0. The van der Waals surface area contributed by atoms with E-state index in [2.05, 4.69) is 4.99 Å². The van der Waals surface area contributed by atoms with E-state index in [9.17, 15) is 9.59 Å². The molecule has 0 saturated carbocycles. The van der Waals surface area contributed by atoms with Gasteiger partial charge in [0, 0.05) is 5.56 Å². The lowest BCUT2D eigenvalue weighted by Gasteiger charge is -2.26. The van der Waals surface area contributed by atoms with Gasteiger partial charge in [-0.3, -0.25) is 9.36 Å². The second-order valence-corrected chi connectivity index (χ2v) is 8.33. The van der Waals surface area contributed by atoms with Gasteiger partial charge in [0.25, 0.3) is 5.56 Å². The van der Waals surface area contributed by atoms with Crippen LogP contribution in [0.2, 0.25) is 0 Å². The molecule has 170 valence electrons. The molecule has 0 bridgehead atoms. The number of ether oxygens (including phenoxy) is 3. The second-order valence-electron chi connectivity index (χ2n) is 7.32. The zero-order valence-corrected chi connectivity index (χ0v) is 19.6. The van der Waals surface area contributed by atoms with Gasteiger partial charge < -0.3 is 14.2 Å². The highest BCUT2D eigenvalue weighted by atomic mass is 32.1. The summed E-state index contributed by atoms with van der Waals surface area (Å²) in [6.07, 6.45) is 1.83. The number of rotatable bonds is 6. The first kappa shape index (κ1) is 22.5. The molecule has 0 aliphatic carbocycles. The molecule has 0 amide bonds. The van der Waals surface area contributed by atoms with Crippen molar-refractivity contribution in [3.05, 3.63) is 90.6 Å². The minimum absolute atomic E-state index is 0.204. The van der Waals surface area contributed by atoms with E-state index in [1.165, 1.54) is 15.9 Å². The predicted octanol–water partition coefficient (Wildman–Crippen LogP) is 2.82. The molecule has 0 N–H and O–H groups in total. The summed E-state index contributed by atoms with van der Waals surface area (Å²) in [5.74, 6) is 0.580. The molecule has 1 aliphatic heterocycles. The summed E-state index contributed by atoms with van der Waals surface area (Å²) in [4.78, 5) is 31.8. The number of fused-ring (bicyclic) bond motifs is 1. The monoisotopic (exact) mass is 464 g/mol. The Kier molecular flexibility index (Phi) is 6.46. The molecular weight excluding hydrogens is 440 g/mol. The number of carbonyl (C=O) groups is 1. The lowest BCUT2D eigenvalue weighted by Crippen LogP contribution is -2.40. The minimum atomic E-state index is -0.775. The van der Waals surface area contributed by atoms with E-state index in [0.29, 0.717) is 37.7 Å². The van der Waals surface area contributed by atoms with Gasteiger partial charge >= 0.3 is 5.97 Å². The second kappa shape index (κ2) is 9.46. The van der Waals surface area contributed by atoms with Gasteiger partial charge in [0.05, 0.1) is 36.6 Å². The molecule has 8 heteroatoms. The molecule has 2 heterocycles. The quantitative estimate of drug-likeness (QED) is 0.524. The SMILES string of the molecule is CCOC(=O)C1=C(C)N=c2sc(=Cc3ccccc3)c(=O)n2C1c1cc(OC)ccc1OC. The normalized spacial score (nSPS) is 15.6. The van der Waals surface area contributed by atoms with Crippen molar-refractivity contribution in [3.8, 4) is 11.5 Å². The maximum absolute atomic E-state index is 13.6. The predicted molar refractivity (Wildman–Crippen MR) is 126 cm³/mol. The molecule has 0 saturated heterocycles. The fourth-order valence-corrected chi connectivity index (χ4v) is 4.89. The third kappa shape index (κ3) is 4.21. The summed E-state index contributed by atoms with van der Waals surface area (Å²) in [7, 11) is 3.11. The van der Waals surface area contributed by atoms with Crippen LogP contribution in [0.25, 0.3) is 6.08 Å². The van der Waals surface area contributed by atoms with Crippen LogP contribution in [0, 0.1) is 0 Å². The van der Waals surface area contributed by atoms with Crippen LogP contribution in [0.15, 0.2) is 69.6 Å². The molecule has 7 nitrogen and oxygen atoms in total. The largest absolute Gasteiger partial charge is 0.497 e. The van der Waals surface area contributed by atoms with Gasteiger partial charge in [0.2, 0.25) is 0 Å². The Balaban J connectivity index is 2.02. The molecule has 0 fully saturated rings. The van der Waals surface area contributed by atoms with E-state index in [1.54, 1.807) is 46.3 Å². The third-order valence-electron chi connectivity index (χ3n) is 5.35. The molecule has 33 heavy (non-hydrogen) atoms. The molecule has 0 radical (unpaired) electrons. The number of nitrogens with zero attached hydrogens (tertiary/aromatic N) is 2. The highest BCUT2D eigenvalue weighted by Gasteiger charge is 2.35. The summed E-state index contributed by atoms with van der Waals surface area (Å²) >= 11 is 1.28. The first-order valence-electron chi connectivity index (χ1n) is 10.4. The smallest absolute Gasteiger partial charge is 0.338 e. The van der Waals surface area contributed by atoms with Gasteiger partial charge in [-0.05, 0) is 43.7 Å². The van der Waals surface area contributed by atoms with E-state index in [-0.39, 0.29) is 12.2 Å². The molecule has 1 unspecified atom stereocenters. The van der Waals surface area contributed by atoms with E-state index < -0.39 is 12.0 Å². The van der Waals surface area contributed by atoms with Crippen LogP contribution in [-0.2, 0) is 9.53 Å². The number of hydrogen-bond acceptors (Lipinski definition) is 7. The number of methoxy groups -OCH3 is 2. The Bertz CT molecular complexity index is 1400. The zero-order chi connectivity index (χ0) is 23.5. The maximum atomic E-state index is 13.6. The van der Waals surface area contributed by atoms with Crippen LogP contribution < -0.4 is 24.4 Å². The van der Waals surface area contributed by atoms with E-state index in [4.69, 9.17) is 14.2 Å². The number of allylic oxidation sites excluding steroid dienone is 1. The van der Waals surface area contributed by atoms with Crippen LogP contribution in [0.4, 0.5) is 0 Å². The number of thiazole rings is 1. The topological polar surface area (TPSA) is 79.1 Å². The van der Waals surface area contributed by atoms with Gasteiger partial charge in [-0.25, -0.2) is 9.79 Å². The number of carbonyl (C=O) groups excluding carboxylic acids is 1. The molecule has 4 rings (SSSR count). The van der Waals surface area contributed by atoms with Crippen LogP contribution in [0.1, 0.15) is 31.0 Å². The van der Waals surface area contributed by atoms with Gasteiger partial charge in [0.15, 0.2) is 4.80 Å². The van der Waals surface area contributed by atoms with Crippen molar-refractivity contribution >= 4 is 23.4 Å². The van der Waals surface area contributed by atoms with Gasteiger partial charge in [-0.1, -0.05) is 41.7 Å². The number of benzene rings is 2. The van der Waals surface area contributed by atoms with Crippen molar-refractivity contribution in [3.63, 3.8) is 0 Å². The van der Waals surface area contributed by atoms with Crippen molar-refractivity contribution in [2.45, 2.75) is 19.9 Å². The average Bonchev–Trinajstić information content (AvgIpc) is 3.12. The van der Waals surface area contributed by atoms with Crippen molar-refractivity contribution in [1.29, 1.82) is 0 Å². The zero-order valence-electron chi connectivity index (χ0n) is 18.8. The first-order chi connectivity index (χ1) is 16.0. The maximum Gasteiger partial charge on any atom is 0.338 e. The number of aromatic nitrogens is 1. The summed E-state index contributed by atoms with van der Waals surface area (Å²) in [6.45, 7) is 3.69.